The van der Waals surface area contributed by atoms with E-state index in [2.05, 4.69) is 19.9 Å². The molecule has 7 N–H and O–H groups in total. The van der Waals surface area contributed by atoms with Gasteiger partial charge in [-0.1, -0.05) is 31.1 Å². The summed E-state index contributed by atoms with van der Waals surface area (Å²) in [5.41, 5.74) is 0.318. The van der Waals surface area contributed by atoms with Gasteiger partial charge in [0.1, 0.15) is 36.1 Å². The van der Waals surface area contributed by atoms with Crippen LogP contribution in [-0.4, -0.2) is 110 Å². The van der Waals surface area contributed by atoms with Gasteiger partial charge in [-0.15, -0.1) is 0 Å². The summed E-state index contributed by atoms with van der Waals surface area (Å²) in [5, 5.41) is 73.8. The molecule has 0 aromatic rings. The first-order valence-corrected chi connectivity index (χ1v) is 16.7. The Morgan fingerprint density at radius 3 is 2.42 bits per heavy atom. The lowest BCUT2D eigenvalue weighted by Gasteiger charge is -2.60. The molecule has 0 radical (unpaired) electrons. The number of esters is 1. The van der Waals surface area contributed by atoms with Crippen LogP contribution in [0.15, 0.2) is 22.8 Å². The molecule has 254 valence electrons. The van der Waals surface area contributed by atoms with E-state index in [1.807, 2.05) is 13.8 Å². The summed E-state index contributed by atoms with van der Waals surface area (Å²) >= 11 is 0. The van der Waals surface area contributed by atoms with Crippen molar-refractivity contribution >= 4 is 5.97 Å². The largest absolute Gasteiger partial charge is 0.456 e. The highest BCUT2D eigenvalue weighted by Gasteiger charge is 2.64. The lowest BCUT2D eigenvalue weighted by molar-refractivity contribution is -0.315. The second kappa shape index (κ2) is 11.9. The normalized spacial score (nSPS) is 49.8. The maximum atomic E-state index is 12.6. The van der Waals surface area contributed by atoms with Crippen LogP contribution in [0.3, 0.4) is 0 Å². The van der Waals surface area contributed by atoms with Crippen LogP contribution in [0.1, 0.15) is 79.1 Å². The molecule has 2 aliphatic heterocycles. The van der Waals surface area contributed by atoms with Gasteiger partial charge >= 0.3 is 5.97 Å². The highest BCUT2D eigenvalue weighted by atomic mass is 16.7. The van der Waals surface area contributed by atoms with Crippen LogP contribution in [-0.2, 0) is 19.0 Å². The summed E-state index contributed by atoms with van der Waals surface area (Å²) in [7, 11) is 0. The Balaban J connectivity index is 1.18. The number of allylic oxidation sites excluding steroid dienone is 1. The summed E-state index contributed by atoms with van der Waals surface area (Å²) in [6.45, 7) is 7.18. The van der Waals surface area contributed by atoms with Gasteiger partial charge in [0.05, 0.1) is 31.0 Å². The van der Waals surface area contributed by atoms with Crippen molar-refractivity contribution in [1.29, 1.82) is 0 Å². The fraction of sp³-hybridized carbons (Fsp3) is 0.853. The average molecular weight is 637 g/mol. The van der Waals surface area contributed by atoms with Crippen molar-refractivity contribution in [2.75, 3.05) is 13.2 Å². The molecule has 4 aliphatic carbocycles. The van der Waals surface area contributed by atoms with Crippen LogP contribution in [0.4, 0.5) is 0 Å². The van der Waals surface area contributed by atoms with Gasteiger partial charge in [-0.25, -0.2) is 4.79 Å². The third kappa shape index (κ3) is 5.16. The molecule has 11 nitrogen and oxygen atoms in total. The molecule has 4 fully saturated rings. The predicted octanol–water partition coefficient (Wildman–Crippen LogP) is 1.10. The number of carbonyl (C=O) groups excluding carboxylic acids is 1. The van der Waals surface area contributed by atoms with Crippen molar-refractivity contribution in [3.05, 3.63) is 22.8 Å². The van der Waals surface area contributed by atoms with Crippen molar-refractivity contribution < 1.29 is 54.8 Å². The van der Waals surface area contributed by atoms with Crippen LogP contribution < -0.4 is 0 Å². The minimum atomic E-state index is -1.52. The Bertz CT molecular complexity index is 1210. The van der Waals surface area contributed by atoms with E-state index < -0.39 is 72.6 Å². The van der Waals surface area contributed by atoms with Gasteiger partial charge in [0, 0.05) is 18.3 Å². The van der Waals surface area contributed by atoms with Gasteiger partial charge < -0.3 is 50.0 Å². The van der Waals surface area contributed by atoms with E-state index in [9.17, 15) is 40.5 Å². The number of aliphatic hydroxyl groups is 7. The third-order valence-electron chi connectivity index (χ3n) is 13.4. The molecule has 0 unspecified atom stereocenters. The molecule has 0 bridgehead atoms. The number of carbonyl (C=O) groups is 1. The Hall–Kier alpha value is -1.41. The van der Waals surface area contributed by atoms with Gasteiger partial charge in [-0.2, -0.15) is 0 Å². The number of fused-ring (bicyclic) bond motifs is 5. The van der Waals surface area contributed by atoms with E-state index in [4.69, 9.17) is 14.2 Å². The van der Waals surface area contributed by atoms with Crippen molar-refractivity contribution in [2.45, 2.75) is 134 Å². The Kier molecular flexibility index (Phi) is 8.88. The van der Waals surface area contributed by atoms with E-state index in [0.29, 0.717) is 31.1 Å². The predicted molar refractivity (Wildman–Crippen MR) is 160 cm³/mol. The molecule has 1 saturated heterocycles. The molecular weight excluding hydrogens is 584 g/mol. The summed E-state index contributed by atoms with van der Waals surface area (Å²) in [6.07, 6.45) is -0.699. The van der Waals surface area contributed by atoms with E-state index in [0.717, 1.165) is 43.3 Å². The molecule has 6 aliphatic rings. The van der Waals surface area contributed by atoms with Gasteiger partial charge in [-0.3, -0.25) is 0 Å². The molecule has 6 rings (SSSR count). The zero-order valence-corrected chi connectivity index (χ0v) is 26.8. The van der Waals surface area contributed by atoms with E-state index >= 15 is 0 Å². The second-order valence-electron chi connectivity index (χ2n) is 15.5. The molecule has 0 aromatic carbocycles. The number of aliphatic hydroxyl groups excluding tert-OH is 6. The highest BCUT2D eigenvalue weighted by molar-refractivity contribution is 5.90. The summed E-state index contributed by atoms with van der Waals surface area (Å²) in [4.78, 5) is 12.6. The van der Waals surface area contributed by atoms with E-state index in [1.54, 1.807) is 0 Å². The maximum Gasteiger partial charge on any atom is 0.336 e. The van der Waals surface area contributed by atoms with Crippen molar-refractivity contribution in [3.63, 3.8) is 0 Å². The first kappa shape index (κ1) is 33.5. The van der Waals surface area contributed by atoms with E-state index in [-0.39, 0.29) is 29.4 Å². The van der Waals surface area contributed by atoms with Crippen molar-refractivity contribution in [3.8, 4) is 0 Å². The standard InChI is InChI=1S/C34H52O11/c1-16-11-26(45-30(41)20(16)14-35)34(4,42)24-8-7-21-19-6-5-17-12-18(43-31-29(40)28(39)27(38)23(15-36)44-31)13-25(37)33(17,3)22(19)9-10-32(21,24)2/h5,18-19,21-29,31,35-40,42H,6-15H2,1-4H3/t18-,19+,21+,22+,23-,24+,25+,26-,27-,28+,29-,31-,32+,33+,34-/m1/s1. The fourth-order valence-electron chi connectivity index (χ4n) is 10.7. The van der Waals surface area contributed by atoms with Crippen LogP contribution in [0.5, 0.6) is 0 Å². The zero-order valence-electron chi connectivity index (χ0n) is 26.8. The zero-order chi connectivity index (χ0) is 32.6. The molecular formula is C34H52O11. The van der Waals surface area contributed by atoms with Gasteiger partial charge in [0.25, 0.3) is 0 Å². The number of ether oxygens (including phenoxy) is 3. The smallest absolute Gasteiger partial charge is 0.336 e. The SMILES string of the molecule is CC1=C(CO)C(=O)O[C@@H]([C@](C)(O)[C@H]2CC[C@H]3[C@@H]4CC=C5C[C@@H](O[C@@H]6O[C@H](CO)[C@@H](O)[C@H](O)[C@H]6O)C[C@H](O)[C@]5(C)[C@H]4CC[C@]23C)C1. The summed E-state index contributed by atoms with van der Waals surface area (Å²) < 4.78 is 17.4. The quantitative estimate of drug-likeness (QED) is 0.164. The highest BCUT2D eigenvalue weighted by Crippen LogP contribution is 2.68. The van der Waals surface area contributed by atoms with Crippen LogP contribution >= 0.6 is 0 Å². The molecule has 15 atom stereocenters. The molecule has 0 spiro atoms. The Labute approximate surface area is 264 Å². The van der Waals surface area contributed by atoms with Crippen molar-refractivity contribution in [1.82, 2.24) is 0 Å². The monoisotopic (exact) mass is 636 g/mol. The van der Waals surface area contributed by atoms with Gasteiger partial charge in [0.2, 0.25) is 0 Å². The average Bonchev–Trinajstić information content (AvgIpc) is 3.36. The number of cyclic esters (lactones) is 1. The summed E-state index contributed by atoms with van der Waals surface area (Å²) in [6, 6.07) is 0. The molecule has 3 saturated carbocycles. The summed E-state index contributed by atoms with van der Waals surface area (Å²) in [5.74, 6) is 0.289. The minimum absolute atomic E-state index is 0.0667. The number of rotatable bonds is 6. The molecule has 11 heteroatoms. The molecule has 0 aromatic heterocycles. The lowest BCUT2D eigenvalue weighted by Crippen LogP contribution is -2.61. The van der Waals surface area contributed by atoms with Crippen LogP contribution in [0.25, 0.3) is 0 Å². The van der Waals surface area contributed by atoms with Crippen LogP contribution in [0, 0.1) is 34.5 Å². The molecule has 2 heterocycles. The third-order valence-corrected chi connectivity index (χ3v) is 13.4. The number of hydrogen-bond donors (Lipinski definition) is 7. The Morgan fingerprint density at radius 2 is 1.76 bits per heavy atom. The fourth-order valence-corrected chi connectivity index (χ4v) is 10.7. The molecule has 0 amide bonds. The van der Waals surface area contributed by atoms with Gasteiger partial charge in [-0.05, 0) is 81.5 Å². The topological polar surface area (TPSA) is 186 Å². The van der Waals surface area contributed by atoms with Gasteiger partial charge in [0.15, 0.2) is 6.29 Å². The first-order chi connectivity index (χ1) is 21.2. The van der Waals surface area contributed by atoms with Crippen LogP contribution in [0.2, 0.25) is 0 Å². The number of hydrogen-bond acceptors (Lipinski definition) is 11. The maximum absolute atomic E-state index is 12.6. The first-order valence-electron chi connectivity index (χ1n) is 16.7. The van der Waals surface area contributed by atoms with E-state index in [1.165, 1.54) is 0 Å². The minimum Gasteiger partial charge on any atom is -0.456 e. The van der Waals surface area contributed by atoms with Crippen molar-refractivity contribution in [2.24, 2.45) is 34.5 Å². The second-order valence-corrected chi connectivity index (χ2v) is 15.5. The lowest BCUT2D eigenvalue weighted by atomic mass is 9.46. The molecule has 45 heavy (non-hydrogen) atoms. The Morgan fingerprint density at radius 1 is 1.02 bits per heavy atom.